The van der Waals surface area contributed by atoms with Gasteiger partial charge in [-0.3, -0.25) is 4.79 Å². The van der Waals surface area contributed by atoms with E-state index in [1.54, 1.807) is 0 Å². The molecule has 0 amide bonds. The lowest BCUT2D eigenvalue weighted by Crippen LogP contribution is -1.99. The summed E-state index contributed by atoms with van der Waals surface area (Å²) in [6.45, 7) is 7.26. The number of benzene rings is 1. The molecule has 17 heavy (non-hydrogen) atoms. The minimum absolute atomic E-state index is 0.247. The summed E-state index contributed by atoms with van der Waals surface area (Å²) in [5, 5.41) is 1.17. The van der Waals surface area contributed by atoms with Gasteiger partial charge in [0.25, 0.3) is 0 Å². The van der Waals surface area contributed by atoms with Crippen molar-refractivity contribution in [2.24, 2.45) is 0 Å². The lowest BCUT2D eigenvalue weighted by atomic mass is 10.1. The maximum absolute atomic E-state index is 11.8. The minimum Gasteiger partial charge on any atom is -0.345 e. The number of rotatable bonds is 4. The first-order valence-corrected chi connectivity index (χ1v) is 6.30. The first-order valence-electron chi connectivity index (χ1n) is 6.30. The van der Waals surface area contributed by atoms with Gasteiger partial charge in [-0.15, -0.1) is 0 Å². The first-order chi connectivity index (χ1) is 8.17. The molecule has 0 saturated heterocycles. The zero-order valence-corrected chi connectivity index (χ0v) is 10.8. The molecule has 2 nitrogen and oxygen atoms in total. The molecule has 1 aromatic carbocycles. The predicted molar refractivity (Wildman–Crippen MR) is 71.6 cm³/mol. The lowest BCUT2D eigenvalue weighted by Gasteiger charge is -2.04. The smallest absolute Gasteiger partial charge is 0.162 e. The van der Waals surface area contributed by atoms with Crippen molar-refractivity contribution in [1.29, 1.82) is 0 Å². The third-order valence-corrected chi connectivity index (χ3v) is 3.22. The molecule has 0 unspecified atom stereocenters. The van der Waals surface area contributed by atoms with Gasteiger partial charge in [-0.1, -0.05) is 6.92 Å². The number of Topliss-reactive ketones (excluding diaryl/α,β-unsaturated/α-hetero) is 1. The van der Waals surface area contributed by atoms with Crippen LogP contribution < -0.4 is 0 Å². The van der Waals surface area contributed by atoms with E-state index in [1.807, 2.05) is 19.1 Å². The molecule has 0 aliphatic rings. The summed E-state index contributed by atoms with van der Waals surface area (Å²) in [7, 11) is 0. The Balaban J connectivity index is 2.48. The second-order valence-corrected chi connectivity index (χ2v) is 4.48. The van der Waals surface area contributed by atoms with Crippen molar-refractivity contribution >= 4 is 16.7 Å². The number of aryl methyl sites for hydroxylation is 2. The molecule has 0 saturated carbocycles. The Bertz CT molecular complexity index is 551. The van der Waals surface area contributed by atoms with Gasteiger partial charge in [-0.25, -0.2) is 0 Å². The van der Waals surface area contributed by atoms with Crippen LogP contribution in [-0.4, -0.2) is 10.4 Å². The van der Waals surface area contributed by atoms with Crippen LogP contribution >= 0.6 is 0 Å². The van der Waals surface area contributed by atoms with Crippen molar-refractivity contribution in [1.82, 2.24) is 4.57 Å². The Morgan fingerprint density at radius 2 is 2.00 bits per heavy atom. The molecule has 1 heterocycles. The van der Waals surface area contributed by atoms with Crippen LogP contribution in [0.25, 0.3) is 10.9 Å². The molecule has 0 N–H and O–H groups in total. The van der Waals surface area contributed by atoms with Crippen LogP contribution in [0.5, 0.6) is 0 Å². The number of carbonyl (C=O) groups excluding carboxylic acids is 1. The largest absolute Gasteiger partial charge is 0.345 e. The Kier molecular flexibility index (Phi) is 3.32. The number of hydrogen-bond acceptors (Lipinski definition) is 1. The zero-order chi connectivity index (χ0) is 12.4. The van der Waals surface area contributed by atoms with E-state index in [4.69, 9.17) is 0 Å². The highest BCUT2D eigenvalue weighted by Crippen LogP contribution is 2.21. The van der Waals surface area contributed by atoms with Gasteiger partial charge in [-0.05, 0) is 44.5 Å². The summed E-state index contributed by atoms with van der Waals surface area (Å²) < 4.78 is 2.27. The van der Waals surface area contributed by atoms with Crippen molar-refractivity contribution in [3.05, 3.63) is 35.5 Å². The molecule has 0 atom stereocenters. The number of nitrogens with zero attached hydrogens (tertiary/aromatic N) is 1. The van der Waals surface area contributed by atoms with Gasteiger partial charge in [0.1, 0.15) is 0 Å². The van der Waals surface area contributed by atoms with Crippen molar-refractivity contribution in [3.63, 3.8) is 0 Å². The van der Waals surface area contributed by atoms with Gasteiger partial charge in [0.2, 0.25) is 0 Å². The van der Waals surface area contributed by atoms with Gasteiger partial charge < -0.3 is 4.57 Å². The molecule has 0 fully saturated rings. The van der Waals surface area contributed by atoms with Crippen molar-refractivity contribution in [2.75, 3.05) is 0 Å². The van der Waals surface area contributed by atoms with E-state index in [9.17, 15) is 4.79 Å². The van der Waals surface area contributed by atoms with Crippen LogP contribution in [0.1, 0.15) is 42.7 Å². The number of aromatic nitrogens is 1. The predicted octanol–water partition coefficient (Wildman–Crippen LogP) is 3.95. The Morgan fingerprint density at radius 1 is 1.24 bits per heavy atom. The minimum atomic E-state index is 0.247. The third kappa shape index (κ3) is 2.12. The van der Waals surface area contributed by atoms with Crippen molar-refractivity contribution in [2.45, 2.75) is 40.2 Å². The summed E-state index contributed by atoms with van der Waals surface area (Å²) in [5.41, 5.74) is 3.31. The Morgan fingerprint density at radius 3 is 2.65 bits per heavy atom. The molecular weight excluding hydrogens is 210 g/mol. The SMILES string of the molecule is CCCC(=O)c1ccc2c(c1)cc(C)n2CC. The van der Waals surface area contributed by atoms with Crippen LogP contribution in [0, 0.1) is 6.92 Å². The fourth-order valence-electron chi connectivity index (χ4n) is 2.37. The summed E-state index contributed by atoms with van der Waals surface area (Å²) in [5.74, 6) is 0.247. The fourth-order valence-corrected chi connectivity index (χ4v) is 2.37. The van der Waals surface area contributed by atoms with Gasteiger partial charge in [-0.2, -0.15) is 0 Å². The lowest BCUT2D eigenvalue weighted by molar-refractivity contribution is 0.0982. The third-order valence-electron chi connectivity index (χ3n) is 3.22. The number of carbonyl (C=O) groups is 1. The first kappa shape index (κ1) is 11.9. The highest BCUT2D eigenvalue weighted by Gasteiger charge is 2.08. The van der Waals surface area contributed by atoms with Crippen molar-refractivity contribution < 1.29 is 4.79 Å². The molecule has 2 rings (SSSR count). The normalized spacial score (nSPS) is 11.0. The maximum Gasteiger partial charge on any atom is 0.162 e. The second-order valence-electron chi connectivity index (χ2n) is 4.48. The summed E-state index contributed by atoms with van der Waals surface area (Å²) >= 11 is 0. The van der Waals surface area contributed by atoms with Gasteiger partial charge >= 0.3 is 0 Å². The Hall–Kier alpha value is -1.57. The summed E-state index contributed by atoms with van der Waals surface area (Å²) in [4.78, 5) is 11.8. The average Bonchev–Trinajstić information content (AvgIpc) is 2.63. The standard InChI is InChI=1S/C15H19NO/c1-4-6-15(17)12-7-8-14-13(10-12)9-11(3)16(14)5-2/h7-10H,4-6H2,1-3H3. The molecule has 2 heteroatoms. The average molecular weight is 229 g/mol. The molecule has 0 spiro atoms. The Labute approximate surface area is 102 Å². The van der Waals surface area contributed by atoms with Gasteiger partial charge in [0, 0.05) is 35.1 Å². The topological polar surface area (TPSA) is 22.0 Å². The molecule has 0 aliphatic carbocycles. The number of hydrogen-bond donors (Lipinski definition) is 0. The maximum atomic E-state index is 11.8. The van der Waals surface area contributed by atoms with Crippen LogP contribution in [0.4, 0.5) is 0 Å². The molecular formula is C15H19NO. The van der Waals surface area contributed by atoms with E-state index in [1.165, 1.54) is 16.6 Å². The van der Waals surface area contributed by atoms with E-state index < -0.39 is 0 Å². The summed E-state index contributed by atoms with van der Waals surface area (Å²) in [6, 6.07) is 8.19. The summed E-state index contributed by atoms with van der Waals surface area (Å²) in [6.07, 6.45) is 1.55. The van der Waals surface area contributed by atoms with Crippen molar-refractivity contribution in [3.8, 4) is 0 Å². The monoisotopic (exact) mass is 229 g/mol. The molecule has 1 aromatic heterocycles. The number of ketones is 1. The molecule has 0 aliphatic heterocycles. The quantitative estimate of drug-likeness (QED) is 0.727. The molecule has 2 aromatic rings. The highest BCUT2D eigenvalue weighted by atomic mass is 16.1. The fraction of sp³-hybridized carbons (Fsp3) is 0.400. The number of fused-ring (bicyclic) bond motifs is 1. The molecule has 0 bridgehead atoms. The zero-order valence-electron chi connectivity index (χ0n) is 10.8. The van der Waals surface area contributed by atoms with Crippen LogP contribution in [-0.2, 0) is 6.54 Å². The molecule has 90 valence electrons. The van der Waals surface area contributed by atoms with E-state index in [0.29, 0.717) is 6.42 Å². The highest BCUT2D eigenvalue weighted by molar-refractivity contribution is 5.99. The van der Waals surface area contributed by atoms with E-state index in [0.717, 1.165) is 18.5 Å². The van der Waals surface area contributed by atoms with Crippen LogP contribution in [0.2, 0.25) is 0 Å². The van der Waals surface area contributed by atoms with E-state index >= 15 is 0 Å². The van der Waals surface area contributed by atoms with E-state index in [-0.39, 0.29) is 5.78 Å². The van der Waals surface area contributed by atoms with E-state index in [2.05, 4.69) is 30.5 Å². The van der Waals surface area contributed by atoms with Gasteiger partial charge in [0.15, 0.2) is 5.78 Å². The van der Waals surface area contributed by atoms with Crippen LogP contribution in [0.15, 0.2) is 24.3 Å². The second kappa shape index (κ2) is 4.74. The van der Waals surface area contributed by atoms with Gasteiger partial charge in [0.05, 0.1) is 0 Å². The van der Waals surface area contributed by atoms with Crippen LogP contribution in [0.3, 0.4) is 0 Å². The molecule has 0 radical (unpaired) electrons.